The Bertz CT molecular complexity index is 1080. The highest BCUT2D eigenvalue weighted by Gasteiger charge is 2.48. The van der Waals surface area contributed by atoms with Crippen molar-refractivity contribution >= 4 is 0 Å². The molecule has 2 heterocycles. The van der Waals surface area contributed by atoms with Crippen LogP contribution in [0.5, 0.6) is 23.0 Å². The number of benzene rings is 2. The zero-order valence-corrected chi connectivity index (χ0v) is 21.0. The molecule has 0 bridgehead atoms. The Kier molecular flexibility index (Phi) is 8.96. The lowest BCUT2D eigenvalue weighted by molar-refractivity contribution is -0.317. The summed E-state index contributed by atoms with van der Waals surface area (Å²) < 4.78 is 28.3. The Morgan fingerprint density at radius 2 is 1.53 bits per heavy atom. The fourth-order valence-electron chi connectivity index (χ4n) is 5.07. The lowest BCUT2D eigenvalue weighted by Gasteiger charge is -2.42. The molecular weight excluding hydrogens is 504 g/mol. The lowest BCUT2D eigenvalue weighted by atomic mass is 9.82. The number of aliphatic hydroxyl groups excluding tert-OH is 5. The first-order valence-electron chi connectivity index (χ1n) is 12.2. The highest BCUT2D eigenvalue weighted by Crippen LogP contribution is 2.48. The molecule has 2 fully saturated rings. The molecule has 0 amide bonds. The standard InChI is InChI=1S/C26H34O12/c1-34-18-7-12(3-5-16(18)29)24-14(9-27)15(11-36-24)25(13-4-6-17(30)19(8-13)35-2)38-26-23(33)22(32)21(31)20(10-28)37-26/h3-8,14-15,20-33H,9-11H2,1-2H3/t14-,15+,20+,21-,22-,23+,24+,25+,26+/m0/s1. The molecule has 2 aliphatic heterocycles. The minimum Gasteiger partial charge on any atom is -0.504 e. The number of ether oxygens (including phenoxy) is 5. The summed E-state index contributed by atoms with van der Waals surface area (Å²) in [5, 5.41) is 71.2. The molecule has 12 nitrogen and oxygen atoms in total. The van der Waals surface area contributed by atoms with E-state index in [1.165, 1.54) is 32.4 Å². The second-order valence-corrected chi connectivity index (χ2v) is 9.38. The van der Waals surface area contributed by atoms with Crippen LogP contribution >= 0.6 is 0 Å². The van der Waals surface area contributed by atoms with Gasteiger partial charge in [-0.1, -0.05) is 12.1 Å². The molecule has 38 heavy (non-hydrogen) atoms. The number of aliphatic hydroxyl groups is 5. The van der Waals surface area contributed by atoms with Crippen molar-refractivity contribution in [2.24, 2.45) is 11.8 Å². The topological polar surface area (TPSA) is 188 Å². The fourth-order valence-corrected chi connectivity index (χ4v) is 5.07. The Hall–Kier alpha value is -2.68. The summed E-state index contributed by atoms with van der Waals surface area (Å²) >= 11 is 0. The van der Waals surface area contributed by atoms with Crippen LogP contribution in [0.15, 0.2) is 36.4 Å². The Morgan fingerprint density at radius 1 is 0.868 bits per heavy atom. The number of hydrogen-bond donors (Lipinski definition) is 7. The Labute approximate surface area is 219 Å². The van der Waals surface area contributed by atoms with Crippen LogP contribution in [0.4, 0.5) is 0 Å². The maximum Gasteiger partial charge on any atom is 0.187 e. The van der Waals surface area contributed by atoms with Crippen LogP contribution < -0.4 is 9.47 Å². The van der Waals surface area contributed by atoms with Gasteiger partial charge in [-0.3, -0.25) is 0 Å². The monoisotopic (exact) mass is 538 g/mol. The van der Waals surface area contributed by atoms with Crippen LogP contribution in [-0.2, 0) is 14.2 Å². The second-order valence-electron chi connectivity index (χ2n) is 9.38. The highest BCUT2D eigenvalue weighted by molar-refractivity contribution is 5.44. The van der Waals surface area contributed by atoms with Crippen molar-refractivity contribution in [3.63, 3.8) is 0 Å². The summed E-state index contributed by atoms with van der Waals surface area (Å²) in [7, 11) is 2.80. The van der Waals surface area contributed by atoms with E-state index in [0.717, 1.165) is 0 Å². The van der Waals surface area contributed by atoms with E-state index in [-0.39, 0.29) is 36.2 Å². The van der Waals surface area contributed by atoms with Crippen LogP contribution in [0.3, 0.4) is 0 Å². The molecule has 0 unspecified atom stereocenters. The van der Waals surface area contributed by atoms with E-state index in [0.29, 0.717) is 11.1 Å². The van der Waals surface area contributed by atoms with E-state index < -0.39 is 61.4 Å². The maximum absolute atomic E-state index is 10.6. The fraction of sp³-hybridized carbons (Fsp3) is 0.538. The van der Waals surface area contributed by atoms with Crippen molar-refractivity contribution in [1.29, 1.82) is 0 Å². The van der Waals surface area contributed by atoms with Gasteiger partial charge in [0.2, 0.25) is 0 Å². The number of hydrogen-bond acceptors (Lipinski definition) is 12. The van der Waals surface area contributed by atoms with Crippen LogP contribution in [0.2, 0.25) is 0 Å². The average molecular weight is 539 g/mol. The number of phenolic OH excluding ortho intramolecular Hbond substituents is 2. The average Bonchev–Trinajstić information content (AvgIpc) is 3.36. The summed E-state index contributed by atoms with van der Waals surface area (Å²) in [5.74, 6) is -0.845. The van der Waals surface area contributed by atoms with E-state index in [1.54, 1.807) is 18.2 Å². The van der Waals surface area contributed by atoms with Gasteiger partial charge in [-0.25, -0.2) is 0 Å². The quantitative estimate of drug-likeness (QED) is 0.226. The van der Waals surface area contributed by atoms with Gasteiger partial charge >= 0.3 is 0 Å². The van der Waals surface area contributed by atoms with Gasteiger partial charge in [0, 0.05) is 18.4 Å². The zero-order chi connectivity index (χ0) is 27.6. The molecule has 12 heteroatoms. The molecule has 0 aromatic heterocycles. The van der Waals surface area contributed by atoms with Gasteiger partial charge in [-0.2, -0.15) is 0 Å². The van der Waals surface area contributed by atoms with E-state index in [9.17, 15) is 35.7 Å². The van der Waals surface area contributed by atoms with Gasteiger partial charge in [-0.05, 0) is 35.4 Å². The number of methoxy groups -OCH3 is 2. The zero-order valence-electron chi connectivity index (χ0n) is 21.0. The first-order chi connectivity index (χ1) is 18.2. The molecule has 2 aromatic rings. The Morgan fingerprint density at radius 3 is 2.16 bits per heavy atom. The minimum atomic E-state index is -1.65. The van der Waals surface area contributed by atoms with Crippen molar-refractivity contribution in [3.05, 3.63) is 47.5 Å². The van der Waals surface area contributed by atoms with Gasteiger partial charge in [0.05, 0.1) is 39.6 Å². The normalized spacial score (nSPS) is 32.2. The third-order valence-electron chi connectivity index (χ3n) is 7.20. The molecule has 0 radical (unpaired) electrons. The largest absolute Gasteiger partial charge is 0.504 e. The van der Waals surface area contributed by atoms with E-state index in [4.69, 9.17) is 23.7 Å². The van der Waals surface area contributed by atoms with E-state index >= 15 is 0 Å². The molecule has 9 atom stereocenters. The van der Waals surface area contributed by atoms with Crippen LogP contribution in [-0.4, -0.2) is 100 Å². The SMILES string of the molecule is COc1cc([C@@H](O[C@H]2O[C@H](CO)[C@H](O)[C@H](O)[C@H]2O)[C@@H]2CO[C@H](c3ccc(O)c(OC)c3)[C@H]2CO)ccc1O. The number of phenols is 2. The molecule has 2 aromatic carbocycles. The minimum absolute atomic E-state index is 0.0497. The van der Waals surface area contributed by atoms with Crippen LogP contribution in [0.1, 0.15) is 23.3 Å². The first kappa shape index (κ1) is 28.3. The summed E-state index contributed by atoms with van der Waals surface area (Å²) in [6.07, 6.45) is -9.03. The van der Waals surface area contributed by atoms with Crippen molar-refractivity contribution in [2.45, 2.75) is 42.9 Å². The molecule has 2 saturated heterocycles. The third kappa shape index (κ3) is 5.40. The molecule has 0 aliphatic carbocycles. The van der Waals surface area contributed by atoms with Crippen molar-refractivity contribution in [1.82, 2.24) is 0 Å². The number of aromatic hydroxyl groups is 2. The van der Waals surface area contributed by atoms with Gasteiger partial charge < -0.3 is 59.4 Å². The summed E-state index contributed by atoms with van der Waals surface area (Å²) in [6.45, 7) is -0.842. The van der Waals surface area contributed by atoms with Crippen LogP contribution in [0.25, 0.3) is 0 Å². The van der Waals surface area contributed by atoms with Gasteiger partial charge in [0.25, 0.3) is 0 Å². The third-order valence-corrected chi connectivity index (χ3v) is 7.20. The second kappa shape index (κ2) is 12.0. The predicted octanol–water partition coefficient (Wildman–Crippen LogP) is -0.0312. The van der Waals surface area contributed by atoms with E-state index in [2.05, 4.69) is 0 Å². The summed E-state index contributed by atoms with van der Waals surface area (Å²) in [5.41, 5.74) is 1.14. The molecular formula is C26H34O12. The molecule has 0 spiro atoms. The summed E-state index contributed by atoms with van der Waals surface area (Å²) in [6, 6.07) is 9.26. The molecule has 2 aliphatic rings. The molecule has 210 valence electrons. The van der Waals surface area contributed by atoms with E-state index in [1.807, 2.05) is 0 Å². The van der Waals surface area contributed by atoms with Crippen molar-refractivity contribution < 1.29 is 59.4 Å². The number of rotatable bonds is 9. The van der Waals surface area contributed by atoms with Crippen molar-refractivity contribution in [3.8, 4) is 23.0 Å². The Balaban J connectivity index is 1.70. The summed E-state index contributed by atoms with van der Waals surface area (Å²) in [4.78, 5) is 0. The van der Waals surface area contributed by atoms with Gasteiger partial charge in [-0.15, -0.1) is 0 Å². The van der Waals surface area contributed by atoms with Crippen LogP contribution in [0, 0.1) is 11.8 Å². The van der Waals surface area contributed by atoms with Gasteiger partial charge in [0.15, 0.2) is 29.3 Å². The lowest BCUT2D eigenvalue weighted by Crippen LogP contribution is -2.59. The van der Waals surface area contributed by atoms with Gasteiger partial charge in [0.1, 0.15) is 24.4 Å². The highest BCUT2D eigenvalue weighted by atomic mass is 16.7. The molecule has 0 saturated carbocycles. The maximum atomic E-state index is 10.6. The predicted molar refractivity (Wildman–Crippen MR) is 130 cm³/mol. The first-order valence-corrected chi connectivity index (χ1v) is 12.2. The molecule has 7 N–H and O–H groups in total. The van der Waals surface area contributed by atoms with Crippen molar-refractivity contribution in [2.75, 3.05) is 34.0 Å². The molecule has 4 rings (SSSR count). The smallest absolute Gasteiger partial charge is 0.187 e.